The number of nitrogens with zero attached hydrogens (tertiary/aromatic N) is 6. The van der Waals surface area contributed by atoms with Crippen molar-refractivity contribution >= 4 is 55.7 Å². The molecule has 0 aliphatic carbocycles. The number of rotatable bonds is 4. The van der Waals surface area contributed by atoms with Crippen LogP contribution in [0.25, 0.3) is 38.7 Å². The van der Waals surface area contributed by atoms with Crippen LogP contribution >= 0.6 is 0 Å². The molecule has 0 amide bonds. The van der Waals surface area contributed by atoms with Crippen LogP contribution in [-0.4, -0.2) is 37.1 Å². The molecule has 3 aromatic heterocycles. The first-order valence-corrected chi connectivity index (χ1v) is 18.2. The highest BCUT2D eigenvalue weighted by Gasteiger charge is 2.35. The Kier molecular flexibility index (Phi) is 6.98. The Bertz CT molecular complexity index is 2520. The van der Waals surface area contributed by atoms with E-state index >= 15 is 0 Å². The maximum absolute atomic E-state index is 14.4. The zero-order valence-corrected chi connectivity index (χ0v) is 30.4. The maximum atomic E-state index is 14.4. The molecule has 2 aliphatic rings. The summed E-state index contributed by atoms with van der Waals surface area (Å²) in [5, 5.41) is 2.24. The van der Waals surface area contributed by atoms with Gasteiger partial charge in [0.15, 0.2) is 5.78 Å². The molecule has 0 atom stereocenters. The summed E-state index contributed by atoms with van der Waals surface area (Å²) < 4.78 is 4.61. The number of hydrogen-bond donors (Lipinski definition) is 0. The fourth-order valence-corrected chi connectivity index (χ4v) is 8.06. The van der Waals surface area contributed by atoms with Crippen molar-refractivity contribution in [3.8, 4) is 5.82 Å². The number of hydrogen-bond acceptors (Lipinski definition) is 5. The van der Waals surface area contributed by atoms with Crippen LogP contribution in [0.5, 0.6) is 0 Å². The number of anilines is 3. The molecule has 0 radical (unpaired) electrons. The van der Waals surface area contributed by atoms with Crippen LogP contribution in [0.15, 0.2) is 97.2 Å². The summed E-state index contributed by atoms with van der Waals surface area (Å²) in [6, 6.07) is 31.5. The Morgan fingerprint density at radius 3 is 2.35 bits per heavy atom. The first kappa shape index (κ1) is 31.5. The number of benzene rings is 4. The van der Waals surface area contributed by atoms with E-state index in [2.05, 4.69) is 127 Å². The minimum absolute atomic E-state index is 0.00344. The van der Waals surface area contributed by atoms with E-state index in [0.717, 1.165) is 57.5 Å². The van der Waals surface area contributed by atoms with E-state index in [1.807, 2.05) is 30.5 Å². The van der Waals surface area contributed by atoms with Gasteiger partial charge in [-0.2, -0.15) is 0 Å². The molecule has 7 nitrogen and oxygen atoms in total. The normalized spacial score (nSPS) is 14.9. The molecule has 4 aromatic carbocycles. The van der Waals surface area contributed by atoms with E-state index in [4.69, 9.17) is 9.97 Å². The summed E-state index contributed by atoms with van der Waals surface area (Å²) in [6.45, 7) is 15.2. The second-order valence-electron chi connectivity index (χ2n) is 16.3. The topological polar surface area (TPSA) is 59.2 Å². The first-order chi connectivity index (χ1) is 24.5. The lowest BCUT2D eigenvalue weighted by Gasteiger charge is -2.34. The Morgan fingerprint density at radius 2 is 1.53 bits per heavy atom. The average molecular weight is 673 g/mol. The van der Waals surface area contributed by atoms with Gasteiger partial charge >= 0.3 is 0 Å². The molecule has 0 fully saturated rings. The van der Waals surface area contributed by atoms with Crippen molar-refractivity contribution in [3.05, 3.63) is 120 Å². The minimum atomic E-state index is -0.0928. The Balaban J connectivity index is 1.13. The summed E-state index contributed by atoms with van der Waals surface area (Å²) in [5.74, 6) is 2.04. The van der Waals surface area contributed by atoms with Crippen molar-refractivity contribution in [2.24, 2.45) is 0 Å². The summed E-state index contributed by atoms with van der Waals surface area (Å²) in [5.41, 5.74) is 10.1. The van der Waals surface area contributed by atoms with Crippen LogP contribution in [0.4, 0.5) is 17.1 Å². The van der Waals surface area contributed by atoms with E-state index in [0.29, 0.717) is 17.8 Å². The van der Waals surface area contributed by atoms with Crippen molar-refractivity contribution in [2.75, 3.05) is 16.5 Å². The van der Waals surface area contributed by atoms with Gasteiger partial charge in [-0.3, -0.25) is 9.36 Å². The predicted molar refractivity (Wildman–Crippen MR) is 209 cm³/mol. The van der Waals surface area contributed by atoms with E-state index < -0.39 is 0 Å². The van der Waals surface area contributed by atoms with Gasteiger partial charge in [0.05, 0.1) is 40.1 Å². The third kappa shape index (κ3) is 5.12. The molecule has 0 saturated heterocycles. The van der Waals surface area contributed by atoms with Gasteiger partial charge < -0.3 is 14.4 Å². The molecule has 2 aliphatic heterocycles. The number of imidazole rings is 1. The van der Waals surface area contributed by atoms with Crippen molar-refractivity contribution < 1.29 is 4.79 Å². The zero-order chi connectivity index (χ0) is 35.2. The van der Waals surface area contributed by atoms with Gasteiger partial charge in [-0.15, -0.1) is 0 Å². The summed E-state index contributed by atoms with van der Waals surface area (Å²) in [7, 11) is 0. The fourth-order valence-electron chi connectivity index (χ4n) is 8.06. The van der Waals surface area contributed by atoms with Crippen LogP contribution in [0.2, 0.25) is 0 Å². The molecule has 0 bridgehead atoms. The van der Waals surface area contributed by atoms with E-state index in [1.54, 1.807) is 0 Å². The van der Waals surface area contributed by atoms with Crippen molar-refractivity contribution in [2.45, 2.75) is 78.3 Å². The van der Waals surface area contributed by atoms with Gasteiger partial charge in [-0.1, -0.05) is 63.2 Å². The molecule has 0 N–H and O–H groups in total. The van der Waals surface area contributed by atoms with Crippen molar-refractivity contribution in [3.63, 3.8) is 0 Å². The van der Waals surface area contributed by atoms with Crippen molar-refractivity contribution in [1.82, 2.24) is 19.1 Å². The van der Waals surface area contributed by atoms with E-state index in [-0.39, 0.29) is 16.7 Å². The van der Waals surface area contributed by atoms with Gasteiger partial charge in [0, 0.05) is 52.3 Å². The predicted octanol–water partition coefficient (Wildman–Crippen LogP) is 10.1. The quantitative estimate of drug-likeness (QED) is 0.174. The number of carbonyl (C=O) groups is 1. The molecule has 9 rings (SSSR count). The van der Waals surface area contributed by atoms with Gasteiger partial charge in [0.2, 0.25) is 0 Å². The summed E-state index contributed by atoms with van der Waals surface area (Å²) >= 11 is 0. The first-order valence-electron chi connectivity index (χ1n) is 18.2. The lowest BCUT2D eigenvalue weighted by atomic mass is 9.88. The highest BCUT2D eigenvalue weighted by atomic mass is 16.1. The second-order valence-corrected chi connectivity index (χ2v) is 16.3. The Morgan fingerprint density at radius 1 is 0.725 bits per heavy atom. The number of aromatic nitrogens is 4. The van der Waals surface area contributed by atoms with Crippen LogP contribution in [0.3, 0.4) is 0 Å². The van der Waals surface area contributed by atoms with Gasteiger partial charge in [-0.25, -0.2) is 9.97 Å². The lowest BCUT2D eigenvalue weighted by Crippen LogP contribution is -2.42. The molecule has 256 valence electrons. The largest absolute Gasteiger partial charge is 0.347 e. The number of aryl methyl sites for hydroxylation is 2. The molecule has 51 heavy (non-hydrogen) atoms. The van der Waals surface area contributed by atoms with Crippen LogP contribution in [-0.2, 0) is 18.4 Å². The zero-order valence-electron chi connectivity index (χ0n) is 30.4. The number of fused-ring (bicyclic) bond motifs is 7. The molecular formula is C44H44N6O. The highest BCUT2D eigenvalue weighted by Crippen LogP contribution is 2.46. The number of carbonyl (C=O) groups excluding carboxylic acids is 1. The molecule has 0 unspecified atom stereocenters. The molecule has 0 saturated carbocycles. The smallest absolute Gasteiger partial charge is 0.193 e. The highest BCUT2D eigenvalue weighted by molar-refractivity contribution is 6.15. The number of pyridine rings is 1. The summed E-state index contributed by atoms with van der Waals surface area (Å²) in [4.78, 5) is 29.1. The number of para-hydroxylation sites is 1. The molecule has 5 heterocycles. The van der Waals surface area contributed by atoms with Crippen LogP contribution < -0.4 is 9.80 Å². The maximum Gasteiger partial charge on any atom is 0.193 e. The van der Waals surface area contributed by atoms with Gasteiger partial charge in [0.1, 0.15) is 11.6 Å². The standard InChI is InChI=1S/C44H44N6O/c1-43(2,3)30-19-20-45-41(24-30)50-35-15-8-7-14-32(35)33-18-17-29(23-36(33)50)42(51)28-12-11-13-31(22-28)48-27-49(44(4,5)6)39-26-37-34(25-38(39)48)46-40-16-9-10-21-47(37)40/h7-8,11-15,17-20,22-26H,9-10,16,21,27H2,1-6H3. The molecule has 7 heteroatoms. The number of ketones is 1. The van der Waals surface area contributed by atoms with E-state index in [1.165, 1.54) is 35.4 Å². The molecule has 7 aromatic rings. The van der Waals surface area contributed by atoms with Gasteiger partial charge in [0.25, 0.3) is 0 Å². The van der Waals surface area contributed by atoms with Gasteiger partial charge in [-0.05, 0) is 93.1 Å². The lowest BCUT2D eigenvalue weighted by molar-refractivity contribution is 0.103. The minimum Gasteiger partial charge on any atom is -0.347 e. The fraction of sp³-hybridized carbons (Fsp3) is 0.295. The Labute approximate surface area is 299 Å². The molecular weight excluding hydrogens is 629 g/mol. The average Bonchev–Trinajstić information content (AvgIpc) is 3.79. The monoisotopic (exact) mass is 672 g/mol. The van der Waals surface area contributed by atoms with Crippen LogP contribution in [0.1, 0.15) is 81.7 Å². The SMILES string of the molecule is CC(C)(C)c1ccnc(-n2c3ccccc3c3ccc(C(=O)c4cccc(N5CN(C(C)(C)C)c6cc7c(cc65)nc5n7CCCC5)c4)cc32)c1. The van der Waals surface area contributed by atoms with E-state index in [9.17, 15) is 4.79 Å². The van der Waals surface area contributed by atoms with Crippen molar-refractivity contribution in [1.29, 1.82) is 0 Å². The third-order valence-electron chi connectivity index (χ3n) is 10.8. The Hall–Kier alpha value is -5.43. The summed E-state index contributed by atoms with van der Waals surface area (Å²) in [6.07, 6.45) is 5.31. The second kappa shape index (κ2) is 11.3. The van der Waals surface area contributed by atoms with Crippen LogP contribution in [0, 0.1) is 0 Å². The molecule has 0 spiro atoms. The third-order valence-corrected chi connectivity index (χ3v) is 10.8.